The zero-order valence-corrected chi connectivity index (χ0v) is 19.8. The maximum atomic E-state index is 5.67. The van der Waals surface area contributed by atoms with Crippen LogP contribution in [0.5, 0.6) is 0 Å². The Hall–Kier alpha value is -0.0800. The molecule has 0 aromatic heterocycles. The van der Waals surface area contributed by atoms with E-state index in [1.165, 1.54) is 58.0 Å². The summed E-state index contributed by atoms with van der Waals surface area (Å²) >= 11 is 0. The normalized spacial score (nSPS) is 29.2. The van der Waals surface area contributed by atoms with Crippen molar-refractivity contribution >= 4 is 29.9 Å². The minimum absolute atomic E-state index is 0. The van der Waals surface area contributed by atoms with Crippen LogP contribution in [0.4, 0.5) is 0 Å². The van der Waals surface area contributed by atoms with E-state index in [4.69, 9.17) is 9.73 Å². The Morgan fingerprint density at radius 2 is 1.74 bits per heavy atom. The summed E-state index contributed by atoms with van der Waals surface area (Å²) in [5.74, 6) is 1.96. The summed E-state index contributed by atoms with van der Waals surface area (Å²) in [6, 6.07) is 0.591. The van der Waals surface area contributed by atoms with E-state index in [2.05, 4.69) is 29.4 Å². The molecule has 0 amide bonds. The first-order valence-corrected chi connectivity index (χ1v) is 11.1. The molecule has 1 saturated carbocycles. The van der Waals surface area contributed by atoms with Crippen LogP contribution in [0.2, 0.25) is 0 Å². The van der Waals surface area contributed by atoms with Crippen molar-refractivity contribution in [3.63, 3.8) is 0 Å². The number of nitrogens with one attached hydrogen (secondary N) is 2. The number of aliphatic imine (C=N–C) groups is 1. The van der Waals surface area contributed by atoms with E-state index in [1.54, 1.807) is 0 Å². The molecule has 1 aliphatic carbocycles. The van der Waals surface area contributed by atoms with Gasteiger partial charge in [0.25, 0.3) is 0 Å². The van der Waals surface area contributed by atoms with Gasteiger partial charge in [-0.25, -0.2) is 0 Å². The van der Waals surface area contributed by atoms with Gasteiger partial charge in [0.2, 0.25) is 0 Å². The Morgan fingerprint density at radius 3 is 2.33 bits per heavy atom. The highest BCUT2D eigenvalue weighted by molar-refractivity contribution is 14.0. The van der Waals surface area contributed by atoms with Crippen LogP contribution in [0, 0.1) is 5.92 Å². The molecule has 6 heteroatoms. The van der Waals surface area contributed by atoms with Crippen LogP contribution in [0.1, 0.15) is 71.6 Å². The Kier molecular flexibility index (Phi) is 10.1. The quantitative estimate of drug-likeness (QED) is 0.337. The first kappa shape index (κ1) is 23.2. The van der Waals surface area contributed by atoms with E-state index in [1.807, 2.05) is 0 Å². The van der Waals surface area contributed by atoms with Gasteiger partial charge in [0.05, 0.1) is 6.54 Å². The van der Waals surface area contributed by atoms with Gasteiger partial charge < -0.3 is 15.4 Å². The highest BCUT2D eigenvalue weighted by Crippen LogP contribution is 2.32. The van der Waals surface area contributed by atoms with Crippen LogP contribution in [0.15, 0.2) is 4.99 Å². The third-order valence-corrected chi connectivity index (χ3v) is 6.84. The van der Waals surface area contributed by atoms with Crippen molar-refractivity contribution in [3.05, 3.63) is 0 Å². The van der Waals surface area contributed by atoms with Crippen molar-refractivity contribution in [2.24, 2.45) is 10.9 Å². The number of hydrogen-bond acceptors (Lipinski definition) is 3. The van der Waals surface area contributed by atoms with Crippen molar-refractivity contribution < 1.29 is 4.74 Å². The van der Waals surface area contributed by atoms with Crippen molar-refractivity contribution in [1.82, 2.24) is 15.5 Å². The topological polar surface area (TPSA) is 48.9 Å². The second-order valence-electron chi connectivity index (χ2n) is 8.50. The molecular formula is C21H41IN4O. The lowest BCUT2D eigenvalue weighted by Crippen LogP contribution is -2.54. The molecule has 158 valence electrons. The van der Waals surface area contributed by atoms with E-state index < -0.39 is 0 Å². The predicted molar refractivity (Wildman–Crippen MR) is 124 cm³/mol. The van der Waals surface area contributed by atoms with Crippen molar-refractivity contribution in [2.45, 2.75) is 83.2 Å². The molecule has 3 aliphatic rings. The summed E-state index contributed by atoms with van der Waals surface area (Å²) in [6.45, 7) is 10.6. The summed E-state index contributed by atoms with van der Waals surface area (Å²) in [4.78, 5) is 7.79. The number of rotatable bonds is 6. The Bertz CT molecular complexity index is 439. The fraction of sp³-hybridized carbons (Fsp3) is 0.952. The summed E-state index contributed by atoms with van der Waals surface area (Å²) in [5, 5.41) is 7.23. The molecule has 2 aliphatic heterocycles. The minimum Gasteiger partial charge on any atom is -0.381 e. The van der Waals surface area contributed by atoms with E-state index in [9.17, 15) is 0 Å². The molecule has 0 spiro atoms. The van der Waals surface area contributed by atoms with Crippen molar-refractivity contribution in [3.8, 4) is 0 Å². The van der Waals surface area contributed by atoms with Crippen LogP contribution in [-0.2, 0) is 4.74 Å². The highest BCUT2D eigenvalue weighted by atomic mass is 127. The van der Waals surface area contributed by atoms with E-state index in [-0.39, 0.29) is 29.5 Å². The van der Waals surface area contributed by atoms with Crippen molar-refractivity contribution in [1.29, 1.82) is 0 Å². The third kappa shape index (κ3) is 6.46. The van der Waals surface area contributed by atoms with E-state index in [0.29, 0.717) is 6.04 Å². The van der Waals surface area contributed by atoms with Gasteiger partial charge in [-0.05, 0) is 77.3 Å². The molecule has 0 aromatic rings. The maximum absolute atomic E-state index is 5.67. The van der Waals surface area contributed by atoms with Gasteiger partial charge in [-0.1, -0.05) is 13.3 Å². The number of nitrogens with zero attached hydrogens (tertiary/aromatic N) is 2. The van der Waals surface area contributed by atoms with Gasteiger partial charge in [-0.2, -0.15) is 0 Å². The summed E-state index contributed by atoms with van der Waals surface area (Å²) in [5.41, 5.74) is 0.219. The molecule has 0 aromatic carbocycles. The van der Waals surface area contributed by atoms with Gasteiger partial charge in [0, 0.05) is 31.3 Å². The van der Waals surface area contributed by atoms with Crippen LogP contribution in [-0.4, -0.2) is 61.8 Å². The Balaban J connectivity index is 0.00000261. The second-order valence-corrected chi connectivity index (χ2v) is 8.50. The second kappa shape index (κ2) is 11.8. The zero-order valence-electron chi connectivity index (χ0n) is 17.5. The summed E-state index contributed by atoms with van der Waals surface area (Å²) in [6.07, 6.45) is 11.6. The number of likely N-dealkylation sites (tertiary alicyclic amines) is 1. The predicted octanol–water partition coefficient (Wildman–Crippen LogP) is 3.77. The number of hydrogen-bond donors (Lipinski definition) is 2. The van der Waals surface area contributed by atoms with Gasteiger partial charge >= 0.3 is 0 Å². The molecule has 0 bridgehead atoms. The van der Waals surface area contributed by atoms with Crippen molar-refractivity contribution in [2.75, 3.05) is 39.4 Å². The lowest BCUT2D eigenvalue weighted by atomic mass is 9.84. The largest absolute Gasteiger partial charge is 0.381 e. The molecule has 2 heterocycles. The average molecular weight is 492 g/mol. The molecule has 2 saturated heterocycles. The molecule has 5 nitrogen and oxygen atoms in total. The fourth-order valence-electron chi connectivity index (χ4n) is 4.97. The molecule has 3 rings (SSSR count). The van der Waals surface area contributed by atoms with Gasteiger partial charge in [0.1, 0.15) is 0 Å². The lowest BCUT2D eigenvalue weighted by Gasteiger charge is -2.43. The summed E-state index contributed by atoms with van der Waals surface area (Å²) in [7, 11) is 0. The Morgan fingerprint density at radius 1 is 1.07 bits per heavy atom. The molecule has 3 fully saturated rings. The van der Waals surface area contributed by atoms with Gasteiger partial charge in [0.15, 0.2) is 5.96 Å². The monoisotopic (exact) mass is 492 g/mol. The fourth-order valence-corrected chi connectivity index (χ4v) is 4.97. The van der Waals surface area contributed by atoms with E-state index in [0.717, 1.165) is 51.0 Å². The van der Waals surface area contributed by atoms with Gasteiger partial charge in [-0.3, -0.25) is 9.89 Å². The van der Waals surface area contributed by atoms with Crippen LogP contribution < -0.4 is 10.6 Å². The highest BCUT2D eigenvalue weighted by Gasteiger charge is 2.39. The number of halogens is 1. The van der Waals surface area contributed by atoms with Crippen LogP contribution in [0.3, 0.4) is 0 Å². The molecule has 0 radical (unpaired) electrons. The molecule has 2 N–H and O–H groups in total. The third-order valence-electron chi connectivity index (χ3n) is 6.84. The first-order valence-electron chi connectivity index (χ1n) is 11.1. The molecule has 0 unspecified atom stereocenters. The average Bonchev–Trinajstić information content (AvgIpc) is 3.23. The first-order chi connectivity index (χ1) is 12.8. The molecular weight excluding hydrogens is 451 g/mol. The van der Waals surface area contributed by atoms with E-state index >= 15 is 0 Å². The molecule has 27 heavy (non-hydrogen) atoms. The maximum Gasteiger partial charge on any atom is 0.191 e. The molecule has 0 atom stereocenters. The number of ether oxygens (including phenoxy) is 1. The smallest absolute Gasteiger partial charge is 0.191 e. The minimum atomic E-state index is 0. The van der Waals surface area contributed by atoms with Crippen LogP contribution in [0.25, 0.3) is 0 Å². The zero-order chi connectivity index (χ0) is 18.2. The standard InChI is InChI=1S/C21H40N4O.HI/c1-3-18-7-9-19(10-8-18)24-20(22-4-2)23-17-21(11-15-26-16-12-21)25-13-5-6-14-25;/h18-19H,3-17H2,1-2H3,(H2,22,23,24);1H. The summed E-state index contributed by atoms with van der Waals surface area (Å²) < 4.78 is 5.67. The number of guanidine groups is 1. The SMILES string of the molecule is CCNC(=NCC1(N2CCCC2)CCOCC1)NC1CCC(CC)CC1.I. The lowest BCUT2D eigenvalue weighted by molar-refractivity contribution is -0.0139. The Labute approximate surface area is 183 Å². The van der Waals surface area contributed by atoms with Gasteiger partial charge in [-0.15, -0.1) is 24.0 Å². The van der Waals surface area contributed by atoms with Crippen LogP contribution >= 0.6 is 24.0 Å².